The second-order valence-electron chi connectivity index (χ2n) is 5.17. The Bertz CT molecular complexity index is 619. The highest BCUT2D eigenvalue weighted by molar-refractivity contribution is 5.91. The summed E-state index contributed by atoms with van der Waals surface area (Å²) in [5.74, 6) is 1.06. The molecule has 2 aromatic heterocycles. The number of carbonyl (C=O) groups excluding carboxylic acids is 1. The molecule has 2 aromatic rings. The molecule has 1 atom stereocenters. The maximum absolute atomic E-state index is 11.8. The number of rotatable bonds is 2. The fourth-order valence-electron chi connectivity index (χ4n) is 2.87. The number of Topliss-reactive ketones (excluding diaryl/α,β-unsaturated/α-hetero) is 1. The molecule has 0 spiro atoms. The van der Waals surface area contributed by atoms with Gasteiger partial charge in [-0.3, -0.25) is 4.79 Å². The van der Waals surface area contributed by atoms with Gasteiger partial charge in [-0.25, -0.2) is 9.97 Å². The third kappa shape index (κ3) is 1.99. The number of hydrogen-bond acceptors (Lipinski definition) is 4. The van der Waals surface area contributed by atoms with Crippen LogP contribution in [0.2, 0.25) is 0 Å². The fraction of sp³-hybridized carbons (Fsp3) is 0.500. The lowest BCUT2D eigenvalue weighted by Crippen LogP contribution is -2.44. The third-order valence-electron chi connectivity index (χ3n) is 3.87. The number of ketones is 1. The number of imidazole rings is 1. The van der Waals surface area contributed by atoms with Gasteiger partial charge in [-0.05, 0) is 32.3 Å². The number of aryl methyl sites for hydroxylation is 1. The Hall–Kier alpha value is -1.91. The lowest BCUT2D eigenvalue weighted by molar-refractivity contribution is -0.118. The van der Waals surface area contributed by atoms with Crippen LogP contribution in [0.1, 0.15) is 26.2 Å². The molecule has 5 heteroatoms. The fourth-order valence-corrected chi connectivity index (χ4v) is 2.87. The van der Waals surface area contributed by atoms with E-state index < -0.39 is 0 Å². The van der Waals surface area contributed by atoms with E-state index >= 15 is 0 Å². The average Bonchev–Trinajstić information content (AvgIpc) is 2.81. The molecule has 1 saturated heterocycles. The summed E-state index contributed by atoms with van der Waals surface area (Å²) >= 11 is 0. The maximum Gasteiger partial charge on any atom is 0.157 e. The smallest absolute Gasteiger partial charge is 0.157 e. The predicted molar refractivity (Wildman–Crippen MR) is 74.2 cm³/mol. The van der Waals surface area contributed by atoms with Crippen molar-refractivity contribution >= 4 is 22.6 Å². The van der Waals surface area contributed by atoms with E-state index in [0.29, 0.717) is 0 Å². The van der Waals surface area contributed by atoms with Gasteiger partial charge in [0.15, 0.2) is 11.6 Å². The van der Waals surface area contributed by atoms with Gasteiger partial charge in [-0.1, -0.05) is 0 Å². The first-order valence-corrected chi connectivity index (χ1v) is 6.71. The van der Waals surface area contributed by atoms with Crippen LogP contribution in [0.5, 0.6) is 0 Å². The first kappa shape index (κ1) is 12.1. The molecule has 0 bridgehead atoms. The van der Waals surface area contributed by atoms with Crippen LogP contribution in [-0.4, -0.2) is 32.9 Å². The molecular weight excluding hydrogens is 240 g/mol. The van der Waals surface area contributed by atoms with Crippen molar-refractivity contribution in [1.29, 1.82) is 0 Å². The Morgan fingerprint density at radius 1 is 1.37 bits per heavy atom. The molecule has 5 nitrogen and oxygen atoms in total. The summed E-state index contributed by atoms with van der Waals surface area (Å²) < 4.78 is 1.98. The highest BCUT2D eigenvalue weighted by atomic mass is 16.1. The van der Waals surface area contributed by atoms with Gasteiger partial charge in [0.2, 0.25) is 0 Å². The van der Waals surface area contributed by atoms with Gasteiger partial charge in [0.1, 0.15) is 5.52 Å². The van der Waals surface area contributed by atoms with E-state index in [2.05, 4.69) is 14.9 Å². The lowest BCUT2D eigenvalue weighted by atomic mass is 9.99. The van der Waals surface area contributed by atoms with E-state index in [-0.39, 0.29) is 11.8 Å². The molecule has 0 radical (unpaired) electrons. The number of nitrogens with zero attached hydrogens (tertiary/aromatic N) is 4. The van der Waals surface area contributed by atoms with Crippen molar-refractivity contribution in [2.24, 2.45) is 7.05 Å². The molecule has 1 fully saturated rings. The second kappa shape index (κ2) is 4.64. The second-order valence-corrected chi connectivity index (χ2v) is 5.17. The van der Waals surface area contributed by atoms with Gasteiger partial charge < -0.3 is 9.47 Å². The standard InChI is InChI=1S/C14H18N4O/c1-10(19)11-5-3-4-8-18(11)14-13-12(6-7-15-14)17(2)9-16-13/h6-7,9,11H,3-5,8H2,1-2H3. The van der Waals surface area contributed by atoms with Crippen molar-refractivity contribution in [2.75, 3.05) is 11.4 Å². The van der Waals surface area contributed by atoms with Crippen molar-refractivity contribution in [1.82, 2.24) is 14.5 Å². The van der Waals surface area contributed by atoms with Gasteiger partial charge in [-0.2, -0.15) is 0 Å². The molecule has 19 heavy (non-hydrogen) atoms. The number of anilines is 1. The summed E-state index contributed by atoms with van der Waals surface area (Å²) in [4.78, 5) is 22.9. The van der Waals surface area contributed by atoms with Crippen LogP contribution in [-0.2, 0) is 11.8 Å². The molecule has 0 aromatic carbocycles. The van der Waals surface area contributed by atoms with Crippen LogP contribution >= 0.6 is 0 Å². The number of fused-ring (bicyclic) bond motifs is 1. The van der Waals surface area contributed by atoms with Crippen molar-refractivity contribution < 1.29 is 4.79 Å². The first-order valence-electron chi connectivity index (χ1n) is 6.71. The number of hydrogen-bond donors (Lipinski definition) is 0. The summed E-state index contributed by atoms with van der Waals surface area (Å²) in [5.41, 5.74) is 1.94. The molecule has 100 valence electrons. The molecule has 0 aliphatic carbocycles. The van der Waals surface area contributed by atoms with E-state index in [9.17, 15) is 4.79 Å². The zero-order valence-electron chi connectivity index (χ0n) is 11.3. The van der Waals surface area contributed by atoms with Crippen LogP contribution < -0.4 is 4.90 Å². The largest absolute Gasteiger partial charge is 0.345 e. The Kier molecular flexibility index (Phi) is 2.97. The van der Waals surface area contributed by atoms with Crippen molar-refractivity contribution in [3.8, 4) is 0 Å². The monoisotopic (exact) mass is 258 g/mol. The average molecular weight is 258 g/mol. The molecular formula is C14H18N4O. The summed E-state index contributed by atoms with van der Waals surface area (Å²) in [6.45, 7) is 2.55. The zero-order valence-corrected chi connectivity index (χ0v) is 11.3. The summed E-state index contributed by atoms with van der Waals surface area (Å²) in [7, 11) is 1.97. The summed E-state index contributed by atoms with van der Waals surface area (Å²) in [5, 5.41) is 0. The highest BCUT2D eigenvalue weighted by Crippen LogP contribution is 2.28. The molecule has 3 heterocycles. The minimum absolute atomic E-state index is 0.0474. The molecule has 0 N–H and O–H groups in total. The Balaban J connectivity index is 2.09. The van der Waals surface area contributed by atoms with Crippen LogP contribution in [0.15, 0.2) is 18.6 Å². The molecule has 1 unspecified atom stereocenters. The van der Waals surface area contributed by atoms with Crippen LogP contribution in [0, 0.1) is 0 Å². The quantitative estimate of drug-likeness (QED) is 0.825. The van der Waals surface area contributed by atoms with Crippen molar-refractivity contribution in [3.63, 3.8) is 0 Å². The van der Waals surface area contributed by atoms with Crippen molar-refractivity contribution in [2.45, 2.75) is 32.2 Å². The van der Waals surface area contributed by atoms with Gasteiger partial charge in [-0.15, -0.1) is 0 Å². The topological polar surface area (TPSA) is 51.0 Å². The van der Waals surface area contributed by atoms with E-state index in [1.54, 1.807) is 19.4 Å². The molecule has 1 aliphatic heterocycles. The van der Waals surface area contributed by atoms with E-state index in [0.717, 1.165) is 42.7 Å². The van der Waals surface area contributed by atoms with Crippen molar-refractivity contribution in [3.05, 3.63) is 18.6 Å². The molecule has 0 saturated carbocycles. The number of carbonyl (C=O) groups is 1. The lowest BCUT2D eigenvalue weighted by Gasteiger charge is -2.35. The Morgan fingerprint density at radius 2 is 2.21 bits per heavy atom. The number of piperidine rings is 1. The third-order valence-corrected chi connectivity index (χ3v) is 3.87. The van der Waals surface area contributed by atoms with Crippen LogP contribution in [0.4, 0.5) is 5.82 Å². The normalized spacial score (nSPS) is 19.9. The van der Waals surface area contributed by atoms with E-state index in [1.807, 2.05) is 17.7 Å². The van der Waals surface area contributed by atoms with Crippen LogP contribution in [0.25, 0.3) is 11.0 Å². The first-order chi connectivity index (χ1) is 9.18. The number of aromatic nitrogens is 3. The van der Waals surface area contributed by atoms with E-state index in [1.165, 1.54) is 0 Å². The zero-order chi connectivity index (χ0) is 13.4. The Labute approximate surface area is 112 Å². The molecule has 3 rings (SSSR count). The summed E-state index contributed by atoms with van der Waals surface area (Å²) in [6, 6.07) is 1.91. The predicted octanol–water partition coefficient (Wildman–Crippen LogP) is 1.92. The van der Waals surface area contributed by atoms with Crippen LogP contribution in [0.3, 0.4) is 0 Å². The molecule has 0 amide bonds. The minimum atomic E-state index is -0.0474. The van der Waals surface area contributed by atoms with E-state index in [4.69, 9.17) is 0 Å². The summed E-state index contributed by atoms with van der Waals surface area (Å²) in [6.07, 6.45) is 6.72. The number of pyridine rings is 1. The van der Waals surface area contributed by atoms with Gasteiger partial charge in [0.25, 0.3) is 0 Å². The minimum Gasteiger partial charge on any atom is -0.345 e. The van der Waals surface area contributed by atoms with Gasteiger partial charge >= 0.3 is 0 Å². The van der Waals surface area contributed by atoms with Gasteiger partial charge in [0, 0.05) is 19.8 Å². The highest BCUT2D eigenvalue weighted by Gasteiger charge is 2.28. The molecule has 1 aliphatic rings. The maximum atomic E-state index is 11.8. The SMILES string of the molecule is CC(=O)C1CCCCN1c1nccc2c1ncn2C. The van der Waals surface area contributed by atoms with Gasteiger partial charge in [0.05, 0.1) is 17.9 Å². The Morgan fingerprint density at radius 3 is 3.00 bits per heavy atom.